The number of hydrazone groups is 1. The number of nitrogens with one attached hydrogen (secondary N) is 2. The number of amidine groups is 1. The molecule has 4 N–H and O–H groups in total. The second-order valence-electron chi connectivity index (χ2n) is 1.60. The van der Waals surface area contributed by atoms with Crippen molar-refractivity contribution in [3.05, 3.63) is 11.1 Å². The van der Waals surface area contributed by atoms with E-state index in [4.69, 9.17) is 5.84 Å². The Labute approximate surface area is 57.5 Å². The van der Waals surface area contributed by atoms with Gasteiger partial charge in [-0.15, -0.1) is 0 Å². The molecule has 0 saturated heterocycles. The van der Waals surface area contributed by atoms with Crippen LogP contribution < -0.4 is 16.7 Å². The van der Waals surface area contributed by atoms with Crippen LogP contribution in [0.5, 0.6) is 0 Å². The minimum atomic E-state index is 0.681. The second kappa shape index (κ2) is 2.63. The summed E-state index contributed by atoms with van der Waals surface area (Å²) >= 11 is 1.46. The molecule has 50 valence electrons. The molecule has 0 spiro atoms. The molecule has 1 heterocycles. The minimum Gasteiger partial charge on any atom is -0.321 e. The number of nitrogens with zero attached hydrogens (tertiary/aromatic N) is 1. The Balaban J connectivity index is 2.56. The van der Waals surface area contributed by atoms with E-state index in [1.54, 1.807) is 0 Å². The molecule has 1 aliphatic heterocycles. The summed E-state index contributed by atoms with van der Waals surface area (Å²) in [6, 6.07) is 0. The fraction of sp³-hybridized carbons (Fsp3) is 0.250. The first-order valence-electron chi connectivity index (χ1n) is 2.46. The van der Waals surface area contributed by atoms with Crippen LogP contribution in [0.3, 0.4) is 0 Å². The van der Waals surface area contributed by atoms with Crippen LogP contribution in [0.1, 0.15) is 6.92 Å². The predicted octanol–water partition coefficient (Wildman–Crippen LogP) is -0.0816. The Hall–Kier alpha value is -0.840. The van der Waals surface area contributed by atoms with Gasteiger partial charge in [0.25, 0.3) is 0 Å². The topological polar surface area (TPSA) is 62.4 Å². The van der Waals surface area contributed by atoms with Crippen molar-refractivity contribution in [1.29, 1.82) is 0 Å². The maximum Gasteiger partial charge on any atom is 0.202 e. The molecule has 0 amide bonds. The van der Waals surface area contributed by atoms with E-state index < -0.39 is 0 Å². The number of thioether (sulfide) groups is 1. The van der Waals surface area contributed by atoms with Gasteiger partial charge in [-0.3, -0.25) is 5.43 Å². The van der Waals surface area contributed by atoms with Gasteiger partial charge in [0.1, 0.15) is 0 Å². The lowest BCUT2D eigenvalue weighted by Crippen LogP contribution is -2.37. The zero-order valence-corrected chi connectivity index (χ0v) is 5.83. The average Bonchev–Trinajstić information content (AvgIpc) is 1.90. The Morgan fingerprint density at radius 3 is 2.89 bits per heavy atom. The average molecular weight is 144 g/mol. The summed E-state index contributed by atoms with van der Waals surface area (Å²) in [4.78, 5) is 0. The molecule has 5 heteroatoms. The first kappa shape index (κ1) is 6.28. The summed E-state index contributed by atoms with van der Waals surface area (Å²) in [6.07, 6.45) is 0. The molecule has 0 fully saturated rings. The quantitative estimate of drug-likeness (QED) is 0.328. The van der Waals surface area contributed by atoms with Crippen molar-refractivity contribution >= 4 is 16.9 Å². The van der Waals surface area contributed by atoms with Crippen molar-refractivity contribution < 1.29 is 0 Å². The van der Waals surface area contributed by atoms with E-state index in [0.717, 1.165) is 5.70 Å². The fourth-order valence-corrected chi connectivity index (χ4v) is 0.936. The first-order valence-corrected chi connectivity index (χ1v) is 3.34. The molecule has 1 rings (SSSR count). The smallest absolute Gasteiger partial charge is 0.202 e. The van der Waals surface area contributed by atoms with Gasteiger partial charge >= 0.3 is 0 Å². The second-order valence-corrected chi connectivity index (χ2v) is 2.46. The highest BCUT2D eigenvalue weighted by Crippen LogP contribution is 2.08. The minimum absolute atomic E-state index is 0.681. The van der Waals surface area contributed by atoms with E-state index in [0.29, 0.717) is 5.17 Å². The third-order valence-electron chi connectivity index (χ3n) is 0.831. The van der Waals surface area contributed by atoms with Gasteiger partial charge < -0.3 is 11.3 Å². The van der Waals surface area contributed by atoms with Crippen molar-refractivity contribution in [2.45, 2.75) is 6.92 Å². The lowest BCUT2D eigenvalue weighted by atomic mass is 10.6. The molecule has 4 nitrogen and oxygen atoms in total. The van der Waals surface area contributed by atoms with Gasteiger partial charge in [-0.25, -0.2) is 0 Å². The van der Waals surface area contributed by atoms with Crippen LogP contribution in [0, 0.1) is 0 Å². The summed E-state index contributed by atoms with van der Waals surface area (Å²) in [7, 11) is 0. The number of hydrogen-bond acceptors (Lipinski definition) is 4. The van der Waals surface area contributed by atoms with E-state index in [2.05, 4.69) is 16.0 Å². The van der Waals surface area contributed by atoms with Gasteiger partial charge in [-0.2, -0.15) is 5.10 Å². The molecular weight excluding hydrogens is 136 g/mol. The van der Waals surface area contributed by atoms with Crippen molar-refractivity contribution in [2.24, 2.45) is 10.9 Å². The molecule has 0 unspecified atom stereocenters. The Morgan fingerprint density at radius 1 is 1.67 bits per heavy atom. The molecule has 0 radical (unpaired) electrons. The molecule has 0 aromatic carbocycles. The standard InChI is InChI=1S/C4H8N4S/c1-3-2-9-4(6-5)8-7-3/h2,7H,5H2,1H3,(H,6,8). The monoisotopic (exact) mass is 144 g/mol. The Kier molecular flexibility index (Phi) is 1.84. The number of allylic oxidation sites excluding steroid dienone is 1. The van der Waals surface area contributed by atoms with Crippen LogP contribution in [0.15, 0.2) is 16.2 Å². The van der Waals surface area contributed by atoms with Crippen LogP contribution in [0.2, 0.25) is 0 Å². The van der Waals surface area contributed by atoms with Crippen LogP contribution in [-0.4, -0.2) is 5.17 Å². The van der Waals surface area contributed by atoms with Crippen LogP contribution in [-0.2, 0) is 0 Å². The van der Waals surface area contributed by atoms with E-state index >= 15 is 0 Å². The summed E-state index contributed by atoms with van der Waals surface area (Å²) < 4.78 is 0. The van der Waals surface area contributed by atoms with Gasteiger partial charge in [0, 0.05) is 5.70 Å². The normalized spacial score (nSPS) is 22.3. The summed E-state index contributed by atoms with van der Waals surface area (Å²) in [5, 5.41) is 6.06. The van der Waals surface area contributed by atoms with Crippen molar-refractivity contribution in [2.75, 3.05) is 0 Å². The van der Waals surface area contributed by atoms with Crippen molar-refractivity contribution in [3.8, 4) is 0 Å². The molecule has 0 atom stereocenters. The molecule has 0 aliphatic carbocycles. The van der Waals surface area contributed by atoms with Crippen LogP contribution in [0.4, 0.5) is 0 Å². The van der Waals surface area contributed by atoms with Gasteiger partial charge in [0.2, 0.25) is 5.17 Å². The zero-order valence-electron chi connectivity index (χ0n) is 5.01. The third-order valence-corrected chi connectivity index (χ3v) is 1.73. The lowest BCUT2D eigenvalue weighted by molar-refractivity contribution is 0.769. The molecule has 0 aromatic rings. The van der Waals surface area contributed by atoms with Crippen molar-refractivity contribution in [1.82, 2.24) is 10.9 Å². The number of hydrogen-bond donors (Lipinski definition) is 3. The molecule has 0 aromatic heterocycles. The molecule has 1 aliphatic rings. The van der Waals surface area contributed by atoms with E-state index in [9.17, 15) is 0 Å². The SMILES string of the molecule is CC1=CS/C(=N\N)NN1. The zero-order chi connectivity index (χ0) is 6.69. The maximum atomic E-state index is 4.98. The Bertz CT molecular complexity index is 162. The number of hydrazine groups is 1. The van der Waals surface area contributed by atoms with E-state index in [-0.39, 0.29) is 0 Å². The highest BCUT2D eigenvalue weighted by molar-refractivity contribution is 8.16. The van der Waals surface area contributed by atoms with Gasteiger partial charge in [0.05, 0.1) is 0 Å². The fourth-order valence-electron chi connectivity index (χ4n) is 0.418. The van der Waals surface area contributed by atoms with Gasteiger partial charge in [-0.1, -0.05) is 11.8 Å². The third kappa shape index (κ3) is 1.53. The predicted molar refractivity (Wildman–Crippen MR) is 39.2 cm³/mol. The van der Waals surface area contributed by atoms with E-state index in [1.807, 2.05) is 12.3 Å². The number of rotatable bonds is 0. The largest absolute Gasteiger partial charge is 0.321 e. The highest BCUT2D eigenvalue weighted by atomic mass is 32.2. The lowest BCUT2D eigenvalue weighted by Gasteiger charge is -2.14. The maximum absolute atomic E-state index is 4.98. The van der Waals surface area contributed by atoms with Crippen LogP contribution in [0.25, 0.3) is 0 Å². The van der Waals surface area contributed by atoms with Crippen molar-refractivity contribution in [3.63, 3.8) is 0 Å². The molecule has 0 saturated carbocycles. The van der Waals surface area contributed by atoms with Crippen LogP contribution >= 0.6 is 11.8 Å². The summed E-state index contributed by atoms with van der Waals surface area (Å²) in [6.45, 7) is 1.95. The first-order chi connectivity index (χ1) is 4.33. The van der Waals surface area contributed by atoms with Gasteiger partial charge in [-0.05, 0) is 12.3 Å². The summed E-state index contributed by atoms with van der Waals surface area (Å²) in [5.74, 6) is 4.98. The number of nitrogens with two attached hydrogens (primary N) is 1. The summed E-state index contributed by atoms with van der Waals surface area (Å²) in [5.41, 5.74) is 6.71. The van der Waals surface area contributed by atoms with Gasteiger partial charge in [0.15, 0.2) is 0 Å². The molecular formula is C4H8N4S. The highest BCUT2D eigenvalue weighted by Gasteiger charge is 2.01. The molecule has 9 heavy (non-hydrogen) atoms. The Morgan fingerprint density at radius 2 is 2.44 bits per heavy atom. The van der Waals surface area contributed by atoms with E-state index in [1.165, 1.54) is 11.8 Å². The molecule has 0 bridgehead atoms.